The Balaban J connectivity index is 2.10. The number of ether oxygens (including phenoxy) is 1. The summed E-state index contributed by atoms with van der Waals surface area (Å²) < 4.78 is 4.84. The van der Waals surface area contributed by atoms with Crippen LogP contribution in [-0.2, 0) is 9.53 Å². The van der Waals surface area contributed by atoms with Gasteiger partial charge in [0.25, 0.3) is 5.91 Å². The molecule has 2 aromatic rings. The lowest BCUT2D eigenvalue weighted by molar-refractivity contribution is -0.139. The minimum absolute atomic E-state index is 0.175. The maximum atomic E-state index is 12.1. The van der Waals surface area contributed by atoms with Crippen LogP contribution in [0.1, 0.15) is 16.9 Å². The van der Waals surface area contributed by atoms with Gasteiger partial charge >= 0.3 is 5.97 Å². The lowest BCUT2D eigenvalue weighted by Crippen LogP contribution is -2.41. The fourth-order valence-electron chi connectivity index (χ4n) is 1.86. The molecule has 0 aliphatic heterocycles. The van der Waals surface area contributed by atoms with E-state index in [2.05, 4.69) is 10.3 Å². The molecule has 1 aromatic carbocycles. The van der Waals surface area contributed by atoms with Crippen LogP contribution in [0.5, 0.6) is 0 Å². The highest BCUT2D eigenvalue weighted by molar-refractivity contribution is 7.13. The van der Waals surface area contributed by atoms with E-state index in [-0.39, 0.29) is 18.7 Å². The van der Waals surface area contributed by atoms with Gasteiger partial charge in [-0.25, -0.2) is 9.78 Å². The predicted octanol–water partition coefficient (Wildman–Crippen LogP) is 2.68. The second-order valence-corrected chi connectivity index (χ2v) is 5.99. The molecule has 0 fully saturated rings. The Labute approximate surface area is 142 Å². The summed E-state index contributed by atoms with van der Waals surface area (Å²) in [6.45, 7) is 0.238. The van der Waals surface area contributed by atoms with Gasteiger partial charge in [-0.3, -0.25) is 4.79 Å². The number of aromatic nitrogens is 1. The number of nitrogens with one attached hydrogen (secondary N) is 1. The topological polar surface area (TPSA) is 88.5 Å². The Morgan fingerprint density at radius 1 is 1.48 bits per heavy atom. The van der Waals surface area contributed by atoms with E-state index in [1.54, 1.807) is 23.6 Å². The van der Waals surface area contributed by atoms with Crippen LogP contribution >= 0.6 is 22.9 Å². The van der Waals surface area contributed by atoms with Gasteiger partial charge in [0.2, 0.25) is 0 Å². The number of hydrogen-bond donors (Lipinski definition) is 2. The summed E-state index contributed by atoms with van der Waals surface area (Å²) >= 11 is 7.23. The van der Waals surface area contributed by atoms with E-state index in [0.29, 0.717) is 10.0 Å². The quantitative estimate of drug-likeness (QED) is 0.798. The van der Waals surface area contributed by atoms with Crippen LogP contribution in [0.2, 0.25) is 5.02 Å². The van der Waals surface area contributed by atoms with Gasteiger partial charge < -0.3 is 15.2 Å². The number of carboxylic acid groups (broad SMARTS) is 1. The number of halogens is 1. The van der Waals surface area contributed by atoms with Crippen LogP contribution in [0.4, 0.5) is 0 Å². The molecule has 0 saturated heterocycles. The molecule has 0 saturated carbocycles. The summed E-state index contributed by atoms with van der Waals surface area (Å²) in [4.78, 5) is 27.5. The smallest absolute Gasteiger partial charge is 0.326 e. The molecule has 2 rings (SSSR count). The lowest BCUT2D eigenvalue weighted by Gasteiger charge is -2.12. The van der Waals surface area contributed by atoms with E-state index in [0.717, 1.165) is 5.56 Å². The molecule has 0 aliphatic rings. The average molecular weight is 355 g/mol. The normalized spacial score (nSPS) is 11.9. The molecule has 122 valence electrons. The number of benzene rings is 1. The summed E-state index contributed by atoms with van der Waals surface area (Å²) in [6.07, 6.45) is 0.183. The van der Waals surface area contributed by atoms with E-state index >= 15 is 0 Å². The fraction of sp³-hybridized carbons (Fsp3) is 0.267. The highest BCUT2D eigenvalue weighted by Gasteiger charge is 2.22. The Morgan fingerprint density at radius 2 is 2.26 bits per heavy atom. The molecular weight excluding hydrogens is 340 g/mol. The summed E-state index contributed by atoms with van der Waals surface area (Å²) in [7, 11) is 1.47. The predicted molar refractivity (Wildman–Crippen MR) is 87.9 cm³/mol. The minimum Gasteiger partial charge on any atom is -0.480 e. The van der Waals surface area contributed by atoms with Crippen molar-refractivity contribution in [3.63, 3.8) is 0 Å². The summed E-state index contributed by atoms with van der Waals surface area (Å²) in [5.41, 5.74) is 0.976. The van der Waals surface area contributed by atoms with Crippen LogP contribution in [0.15, 0.2) is 29.6 Å². The van der Waals surface area contributed by atoms with Crippen molar-refractivity contribution < 1.29 is 19.4 Å². The maximum absolute atomic E-state index is 12.1. The number of rotatable bonds is 7. The molecule has 8 heteroatoms. The van der Waals surface area contributed by atoms with E-state index in [9.17, 15) is 9.59 Å². The minimum atomic E-state index is -1.11. The Kier molecular flexibility index (Phi) is 6.09. The summed E-state index contributed by atoms with van der Waals surface area (Å²) in [5, 5.41) is 14.4. The van der Waals surface area contributed by atoms with Crippen LogP contribution < -0.4 is 5.32 Å². The van der Waals surface area contributed by atoms with Crippen LogP contribution in [0, 0.1) is 0 Å². The second kappa shape index (κ2) is 8.05. The molecule has 1 aromatic heterocycles. The monoisotopic (exact) mass is 354 g/mol. The zero-order valence-corrected chi connectivity index (χ0v) is 13.9. The first-order valence-electron chi connectivity index (χ1n) is 6.75. The fourth-order valence-corrected chi connectivity index (χ4v) is 2.84. The Bertz CT molecular complexity index is 704. The molecule has 0 spiro atoms. The molecular formula is C15H15ClN2O4S. The Morgan fingerprint density at radius 3 is 2.91 bits per heavy atom. The number of hydrogen-bond acceptors (Lipinski definition) is 5. The SMILES string of the molecule is COCCC(NC(=O)c1csc(-c2cccc(Cl)c2)n1)C(=O)O. The highest BCUT2D eigenvalue weighted by Crippen LogP contribution is 2.26. The molecule has 6 nitrogen and oxygen atoms in total. The van der Waals surface area contributed by atoms with Crippen molar-refractivity contribution in [3.05, 3.63) is 40.4 Å². The van der Waals surface area contributed by atoms with Crippen molar-refractivity contribution in [2.75, 3.05) is 13.7 Å². The average Bonchev–Trinajstić information content (AvgIpc) is 3.01. The van der Waals surface area contributed by atoms with Crippen molar-refractivity contribution >= 4 is 34.8 Å². The molecule has 0 aliphatic carbocycles. The third-order valence-corrected chi connectivity index (χ3v) is 4.15. The van der Waals surface area contributed by atoms with Gasteiger partial charge in [-0.1, -0.05) is 23.7 Å². The molecule has 1 atom stereocenters. The van der Waals surface area contributed by atoms with Crippen LogP contribution in [0.3, 0.4) is 0 Å². The number of amides is 1. The van der Waals surface area contributed by atoms with Crippen molar-refractivity contribution in [3.8, 4) is 10.6 Å². The highest BCUT2D eigenvalue weighted by atomic mass is 35.5. The van der Waals surface area contributed by atoms with E-state index < -0.39 is 17.9 Å². The number of thiazole rings is 1. The first kappa shape index (κ1) is 17.4. The first-order chi connectivity index (χ1) is 11.0. The van der Waals surface area contributed by atoms with Gasteiger partial charge in [0.1, 0.15) is 16.7 Å². The van der Waals surface area contributed by atoms with Crippen molar-refractivity contribution in [1.82, 2.24) is 10.3 Å². The molecule has 23 heavy (non-hydrogen) atoms. The van der Waals surface area contributed by atoms with Gasteiger partial charge in [-0.2, -0.15) is 0 Å². The summed E-state index contributed by atoms with van der Waals surface area (Å²) in [6, 6.07) is 6.12. The van der Waals surface area contributed by atoms with Gasteiger partial charge in [0.05, 0.1) is 0 Å². The van der Waals surface area contributed by atoms with Crippen molar-refractivity contribution in [1.29, 1.82) is 0 Å². The van der Waals surface area contributed by atoms with Crippen LogP contribution in [-0.4, -0.2) is 41.7 Å². The van der Waals surface area contributed by atoms with Gasteiger partial charge in [0, 0.05) is 36.1 Å². The zero-order valence-electron chi connectivity index (χ0n) is 12.3. The van der Waals surface area contributed by atoms with E-state index in [1.165, 1.54) is 18.4 Å². The molecule has 0 bridgehead atoms. The van der Waals surface area contributed by atoms with Gasteiger partial charge in [-0.05, 0) is 12.1 Å². The number of methoxy groups -OCH3 is 1. The lowest BCUT2D eigenvalue weighted by atomic mass is 10.2. The number of aliphatic carboxylic acids is 1. The second-order valence-electron chi connectivity index (χ2n) is 4.69. The first-order valence-corrected chi connectivity index (χ1v) is 8.01. The zero-order chi connectivity index (χ0) is 16.8. The van der Waals surface area contributed by atoms with Gasteiger partial charge in [0.15, 0.2) is 0 Å². The van der Waals surface area contributed by atoms with Crippen molar-refractivity contribution in [2.24, 2.45) is 0 Å². The van der Waals surface area contributed by atoms with Crippen LogP contribution in [0.25, 0.3) is 10.6 Å². The maximum Gasteiger partial charge on any atom is 0.326 e. The van der Waals surface area contributed by atoms with E-state index in [1.807, 2.05) is 6.07 Å². The number of nitrogens with zero attached hydrogens (tertiary/aromatic N) is 1. The molecule has 1 unspecified atom stereocenters. The molecule has 1 heterocycles. The third-order valence-electron chi connectivity index (χ3n) is 3.02. The molecule has 2 N–H and O–H groups in total. The van der Waals surface area contributed by atoms with Gasteiger partial charge in [-0.15, -0.1) is 11.3 Å². The van der Waals surface area contributed by atoms with Crippen molar-refractivity contribution in [2.45, 2.75) is 12.5 Å². The molecule has 1 amide bonds. The number of carboxylic acids is 1. The number of carbonyl (C=O) groups is 2. The molecule has 0 radical (unpaired) electrons. The number of carbonyl (C=O) groups excluding carboxylic acids is 1. The Hall–Kier alpha value is -1.96. The standard InChI is InChI=1S/C15H15ClN2O4S/c1-22-6-5-11(15(20)21)17-13(19)12-8-23-14(18-12)9-3-2-4-10(16)7-9/h2-4,7-8,11H,5-6H2,1H3,(H,17,19)(H,20,21). The summed E-state index contributed by atoms with van der Waals surface area (Å²) in [5.74, 6) is -1.64. The third kappa shape index (κ3) is 4.75. The largest absolute Gasteiger partial charge is 0.480 e. The van der Waals surface area contributed by atoms with E-state index in [4.69, 9.17) is 21.4 Å².